The fraction of sp³-hybridized carbons (Fsp3) is 0.316. The maximum Gasteiger partial charge on any atom is 0.407 e. The van der Waals surface area contributed by atoms with E-state index in [1.165, 1.54) is 6.26 Å². The van der Waals surface area contributed by atoms with Crippen LogP contribution in [0.4, 0.5) is 10.7 Å². The monoisotopic (exact) mass is 385 g/mol. The maximum atomic E-state index is 11.7. The zero-order chi connectivity index (χ0) is 20.5. The number of primary amides is 1. The number of furan rings is 1. The Bertz CT molecular complexity index is 1070. The molecule has 3 aromatic rings. The third kappa shape index (κ3) is 3.93. The van der Waals surface area contributed by atoms with Gasteiger partial charge in [-0.05, 0) is 32.9 Å². The molecule has 28 heavy (non-hydrogen) atoms. The summed E-state index contributed by atoms with van der Waals surface area (Å²) >= 11 is 0. The topological polar surface area (TPSA) is 138 Å². The van der Waals surface area contributed by atoms with E-state index in [1.54, 1.807) is 43.5 Å². The molecular weight excluding hydrogens is 362 g/mol. The van der Waals surface area contributed by atoms with E-state index in [9.17, 15) is 9.59 Å². The van der Waals surface area contributed by atoms with E-state index in [2.05, 4.69) is 10.3 Å². The number of carbonyl (C=O) groups excluding carboxylic acids is 2. The van der Waals surface area contributed by atoms with Gasteiger partial charge in [-0.2, -0.15) is 0 Å². The van der Waals surface area contributed by atoms with Gasteiger partial charge in [0, 0.05) is 18.5 Å². The molecule has 3 rings (SSSR count). The van der Waals surface area contributed by atoms with Crippen molar-refractivity contribution >= 4 is 40.0 Å². The molecule has 2 heterocycles. The Balaban J connectivity index is 1.79. The first kappa shape index (κ1) is 19.3. The summed E-state index contributed by atoms with van der Waals surface area (Å²) in [7, 11) is 0. The number of nitrogens with one attached hydrogen (secondary N) is 1. The molecule has 1 aromatic carbocycles. The number of carbonyl (C=O) groups is 2. The zero-order valence-electron chi connectivity index (χ0n) is 16.0. The van der Waals surface area contributed by atoms with Crippen molar-refractivity contribution in [3.05, 3.63) is 36.1 Å². The second kappa shape index (κ2) is 7.26. The normalized spacial score (nSPS) is 12.1. The molecule has 0 saturated heterocycles. The molecule has 2 amide bonds. The van der Waals surface area contributed by atoms with Gasteiger partial charge in [-0.25, -0.2) is 9.78 Å². The summed E-state index contributed by atoms with van der Waals surface area (Å²) in [4.78, 5) is 27.6. The first-order valence-corrected chi connectivity index (χ1v) is 8.75. The molecule has 0 bridgehead atoms. The Kier molecular flexibility index (Phi) is 5.00. The molecule has 2 aromatic heterocycles. The van der Waals surface area contributed by atoms with E-state index in [0.717, 1.165) is 0 Å². The Morgan fingerprint density at radius 1 is 1.36 bits per heavy atom. The van der Waals surface area contributed by atoms with Gasteiger partial charge in [0.1, 0.15) is 11.1 Å². The number of hydrogen-bond acceptors (Lipinski definition) is 6. The number of nitrogen functional groups attached to an aromatic ring is 1. The lowest BCUT2D eigenvalue weighted by atomic mass is 10.1. The van der Waals surface area contributed by atoms with Crippen molar-refractivity contribution in [2.45, 2.75) is 32.9 Å². The van der Waals surface area contributed by atoms with Crippen molar-refractivity contribution in [3.8, 4) is 0 Å². The fourth-order valence-corrected chi connectivity index (χ4v) is 2.86. The van der Waals surface area contributed by atoms with Gasteiger partial charge in [-0.3, -0.25) is 4.79 Å². The maximum absolute atomic E-state index is 11.7. The number of hydrogen-bond donors (Lipinski definition) is 3. The fourth-order valence-electron chi connectivity index (χ4n) is 2.86. The minimum absolute atomic E-state index is 0.277. The van der Waals surface area contributed by atoms with Crippen LogP contribution in [-0.2, 0) is 11.3 Å². The number of anilines is 1. The van der Waals surface area contributed by atoms with Crippen molar-refractivity contribution in [3.63, 3.8) is 0 Å². The van der Waals surface area contributed by atoms with Crippen LogP contribution in [0, 0.1) is 0 Å². The van der Waals surface area contributed by atoms with Gasteiger partial charge in [0.25, 0.3) is 0 Å². The van der Waals surface area contributed by atoms with E-state index < -0.39 is 17.6 Å². The van der Waals surface area contributed by atoms with Crippen molar-refractivity contribution in [2.24, 2.45) is 5.73 Å². The lowest BCUT2D eigenvalue weighted by Crippen LogP contribution is -2.32. The Morgan fingerprint density at radius 3 is 2.79 bits per heavy atom. The standard InChI is InChI=1S/C19H23N5O4/c1-19(2,3)28-18(26)22-7-4-5-8-24-14-13(23-17(24)21)10-12(16(20)25)11-6-9-27-15(11)14/h4-6,9-10H,7-8H2,1-3H3,(H2,20,25)(H2,21,23)(H,22,26)/b5-4+. The average Bonchev–Trinajstić information content (AvgIpc) is 3.16. The predicted octanol–water partition coefficient (Wildman–Crippen LogP) is 2.54. The van der Waals surface area contributed by atoms with Gasteiger partial charge < -0.3 is 30.5 Å². The molecule has 0 aliphatic rings. The van der Waals surface area contributed by atoms with Gasteiger partial charge in [0.05, 0.1) is 17.3 Å². The molecule has 9 heteroatoms. The smallest absolute Gasteiger partial charge is 0.407 e. The number of benzene rings is 1. The van der Waals surface area contributed by atoms with Gasteiger partial charge in [0.15, 0.2) is 5.58 Å². The van der Waals surface area contributed by atoms with Crippen LogP contribution >= 0.6 is 0 Å². The molecule has 148 valence electrons. The number of rotatable bonds is 5. The second-order valence-electron chi connectivity index (χ2n) is 7.25. The van der Waals surface area contributed by atoms with Crippen LogP contribution in [0.5, 0.6) is 0 Å². The highest BCUT2D eigenvalue weighted by molar-refractivity contribution is 6.13. The summed E-state index contributed by atoms with van der Waals surface area (Å²) in [6, 6.07) is 3.29. The Hall–Kier alpha value is -3.49. The summed E-state index contributed by atoms with van der Waals surface area (Å²) in [5.41, 5.74) is 13.0. The largest absolute Gasteiger partial charge is 0.462 e. The van der Waals surface area contributed by atoms with Crippen LogP contribution in [0.2, 0.25) is 0 Å². The molecule has 0 aliphatic carbocycles. The van der Waals surface area contributed by atoms with Crippen LogP contribution in [0.15, 0.2) is 35.0 Å². The third-order valence-corrected chi connectivity index (χ3v) is 3.96. The Morgan fingerprint density at radius 2 is 2.11 bits per heavy atom. The number of ether oxygens (including phenoxy) is 1. The average molecular weight is 385 g/mol. The number of imidazole rings is 1. The number of aromatic nitrogens is 2. The molecule has 0 aliphatic heterocycles. The van der Waals surface area contributed by atoms with Crippen molar-refractivity contribution < 1.29 is 18.7 Å². The number of fused-ring (bicyclic) bond motifs is 3. The Labute approximate surface area is 161 Å². The molecule has 0 saturated carbocycles. The molecule has 0 radical (unpaired) electrons. The van der Waals surface area contributed by atoms with E-state index in [-0.39, 0.29) is 5.95 Å². The summed E-state index contributed by atoms with van der Waals surface area (Å²) in [5, 5.41) is 3.25. The predicted molar refractivity (Wildman–Crippen MR) is 106 cm³/mol. The second-order valence-corrected chi connectivity index (χ2v) is 7.25. The van der Waals surface area contributed by atoms with E-state index >= 15 is 0 Å². The van der Waals surface area contributed by atoms with Crippen molar-refractivity contribution in [1.82, 2.24) is 14.9 Å². The number of nitrogens with two attached hydrogens (primary N) is 2. The highest BCUT2D eigenvalue weighted by Gasteiger charge is 2.19. The quantitative estimate of drug-likeness (QED) is 0.577. The van der Waals surface area contributed by atoms with Crippen LogP contribution in [0.1, 0.15) is 31.1 Å². The summed E-state index contributed by atoms with van der Waals surface area (Å²) < 4.78 is 12.5. The number of amides is 2. The van der Waals surface area contributed by atoms with Crippen molar-refractivity contribution in [2.75, 3.05) is 12.3 Å². The van der Waals surface area contributed by atoms with Gasteiger partial charge in [0.2, 0.25) is 11.9 Å². The molecule has 5 N–H and O–H groups in total. The highest BCUT2D eigenvalue weighted by Crippen LogP contribution is 2.31. The van der Waals surface area contributed by atoms with Gasteiger partial charge >= 0.3 is 6.09 Å². The minimum atomic E-state index is -0.561. The first-order valence-electron chi connectivity index (χ1n) is 8.75. The lowest BCUT2D eigenvalue weighted by Gasteiger charge is -2.19. The molecular formula is C19H23N5O4. The van der Waals surface area contributed by atoms with Gasteiger partial charge in [-0.15, -0.1) is 0 Å². The van der Waals surface area contributed by atoms with E-state index in [1.807, 2.05) is 6.08 Å². The number of allylic oxidation sites excluding steroid dienone is 1. The van der Waals surface area contributed by atoms with Crippen LogP contribution in [-0.4, -0.2) is 33.7 Å². The molecule has 0 spiro atoms. The third-order valence-electron chi connectivity index (χ3n) is 3.96. The zero-order valence-corrected chi connectivity index (χ0v) is 16.0. The molecule has 0 fully saturated rings. The highest BCUT2D eigenvalue weighted by atomic mass is 16.6. The summed E-state index contributed by atoms with van der Waals surface area (Å²) in [5.74, 6) is -0.284. The van der Waals surface area contributed by atoms with Crippen LogP contribution in [0.3, 0.4) is 0 Å². The first-order chi connectivity index (χ1) is 13.2. The van der Waals surface area contributed by atoms with Crippen molar-refractivity contribution in [1.29, 1.82) is 0 Å². The van der Waals surface area contributed by atoms with Crippen LogP contribution < -0.4 is 16.8 Å². The van der Waals surface area contributed by atoms with Gasteiger partial charge in [-0.1, -0.05) is 12.2 Å². The van der Waals surface area contributed by atoms with Crippen LogP contribution in [0.25, 0.3) is 22.0 Å². The number of alkyl carbamates (subject to hydrolysis) is 1. The SMILES string of the molecule is CC(C)(C)OC(=O)NC/C=C/Cn1c(N)nc2cc(C(N)=O)c3ccoc3c21. The minimum Gasteiger partial charge on any atom is -0.462 e. The molecule has 0 atom stereocenters. The lowest BCUT2D eigenvalue weighted by molar-refractivity contribution is 0.0534. The van der Waals surface area contributed by atoms with E-state index in [0.29, 0.717) is 40.7 Å². The summed E-state index contributed by atoms with van der Waals surface area (Å²) in [6.45, 7) is 6.12. The molecule has 0 unspecified atom stereocenters. The van der Waals surface area contributed by atoms with E-state index in [4.69, 9.17) is 20.6 Å². The number of nitrogens with zero attached hydrogens (tertiary/aromatic N) is 2. The molecule has 9 nitrogen and oxygen atoms in total. The summed E-state index contributed by atoms with van der Waals surface area (Å²) in [6.07, 6.45) is 4.63.